The van der Waals surface area contributed by atoms with Gasteiger partial charge in [-0.3, -0.25) is 4.68 Å². The first kappa shape index (κ1) is 13.1. The molecule has 3 rings (SSSR count). The minimum atomic E-state index is -0.209. The first-order valence-electron chi connectivity index (χ1n) is 6.43. The van der Waals surface area contributed by atoms with Gasteiger partial charge in [0.2, 0.25) is 6.39 Å². The molecule has 1 unspecified atom stereocenters. The third-order valence-corrected chi connectivity index (χ3v) is 3.41. The van der Waals surface area contributed by atoms with Gasteiger partial charge < -0.3 is 9.09 Å². The van der Waals surface area contributed by atoms with Crippen molar-refractivity contribution in [2.75, 3.05) is 0 Å². The van der Waals surface area contributed by atoms with E-state index in [1.807, 2.05) is 23.2 Å². The fraction of sp³-hybridized carbons (Fsp3) is 0.500. The van der Waals surface area contributed by atoms with Gasteiger partial charge in [0.15, 0.2) is 11.5 Å². The lowest BCUT2D eigenvalue weighted by atomic mass is 10.3. The molecule has 106 valence electrons. The smallest absolute Gasteiger partial charge is 0.213 e. The van der Waals surface area contributed by atoms with E-state index in [1.165, 1.54) is 6.39 Å². The van der Waals surface area contributed by atoms with Crippen molar-refractivity contribution in [3.63, 3.8) is 0 Å². The fourth-order valence-electron chi connectivity index (χ4n) is 2.36. The summed E-state index contributed by atoms with van der Waals surface area (Å²) in [5, 5.41) is 8.12. The minimum absolute atomic E-state index is 0.209. The van der Waals surface area contributed by atoms with Crippen LogP contribution in [-0.2, 0) is 20.0 Å². The molecular weight excluding hydrogens is 280 g/mol. The highest BCUT2D eigenvalue weighted by Gasteiger charge is 2.21. The Balaban J connectivity index is 2.20. The van der Waals surface area contributed by atoms with Gasteiger partial charge in [0.1, 0.15) is 11.3 Å². The normalized spacial score (nSPS) is 13.2. The topological polar surface area (TPSA) is 74.6 Å². The van der Waals surface area contributed by atoms with Crippen LogP contribution in [0, 0.1) is 0 Å². The van der Waals surface area contributed by atoms with Crippen LogP contribution in [0.25, 0.3) is 11.2 Å². The van der Waals surface area contributed by atoms with Crippen molar-refractivity contribution in [2.45, 2.75) is 32.2 Å². The number of aryl methyl sites for hydroxylation is 2. The molecular formula is C12H15ClN6O. The van der Waals surface area contributed by atoms with Gasteiger partial charge in [-0.25, -0.2) is 4.98 Å². The molecule has 0 amide bonds. The van der Waals surface area contributed by atoms with Crippen molar-refractivity contribution < 1.29 is 4.52 Å². The van der Waals surface area contributed by atoms with Crippen molar-refractivity contribution in [2.24, 2.45) is 7.05 Å². The highest BCUT2D eigenvalue weighted by molar-refractivity contribution is 6.20. The highest BCUT2D eigenvalue weighted by atomic mass is 35.5. The molecule has 0 aliphatic rings. The zero-order valence-electron chi connectivity index (χ0n) is 11.5. The molecule has 1 atom stereocenters. The molecule has 0 aromatic carbocycles. The molecule has 0 radical (unpaired) electrons. The Morgan fingerprint density at radius 3 is 2.85 bits per heavy atom. The minimum Gasteiger partial charge on any atom is -0.343 e. The van der Waals surface area contributed by atoms with E-state index in [9.17, 15) is 0 Å². The van der Waals surface area contributed by atoms with Crippen LogP contribution < -0.4 is 0 Å². The second kappa shape index (κ2) is 4.90. The predicted octanol–water partition coefficient (Wildman–Crippen LogP) is 2.06. The van der Waals surface area contributed by atoms with Gasteiger partial charge in [-0.2, -0.15) is 10.1 Å². The van der Waals surface area contributed by atoms with Crippen LogP contribution in [0.15, 0.2) is 10.9 Å². The van der Waals surface area contributed by atoms with Crippen LogP contribution in [0.5, 0.6) is 0 Å². The Bertz CT molecular complexity index is 727. The van der Waals surface area contributed by atoms with Crippen LogP contribution in [-0.4, -0.2) is 29.5 Å². The number of imidazole rings is 1. The molecule has 0 fully saturated rings. The fourth-order valence-corrected chi connectivity index (χ4v) is 2.53. The van der Waals surface area contributed by atoms with Gasteiger partial charge in [-0.15, -0.1) is 11.6 Å². The second-order valence-electron chi connectivity index (χ2n) is 4.62. The molecule has 0 saturated carbocycles. The number of halogens is 1. The van der Waals surface area contributed by atoms with Crippen LogP contribution >= 0.6 is 11.6 Å². The summed E-state index contributed by atoms with van der Waals surface area (Å²) in [6, 6.07) is 0. The summed E-state index contributed by atoms with van der Waals surface area (Å²) in [6.45, 7) is 4.42. The SMILES string of the molecule is CCc1nn(C)c2c1nc(C(C)Cl)n2Cc1ncon1. The number of hydrogen-bond acceptors (Lipinski definition) is 5. The van der Waals surface area contributed by atoms with Crippen LogP contribution in [0.2, 0.25) is 0 Å². The lowest BCUT2D eigenvalue weighted by Gasteiger charge is -2.08. The monoisotopic (exact) mass is 294 g/mol. The summed E-state index contributed by atoms with van der Waals surface area (Å²) < 4.78 is 8.60. The van der Waals surface area contributed by atoms with E-state index < -0.39 is 0 Å². The van der Waals surface area contributed by atoms with Gasteiger partial charge in [0, 0.05) is 7.05 Å². The lowest BCUT2D eigenvalue weighted by Crippen LogP contribution is -2.10. The molecule has 7 nitrogen and oxygen atoms in total. The Morgan fingerprint density at radius 2 is 2.25 bits per heavy atom. The van der Waals surface area contributed by atoms with Gasteiger partial charge in [0.25, 0.3) is 0 Å². The van der Waals surface area contributed by atoms with Crippen molar-refractivity contribution in [1.82, 2.24) is 29.5 Å². The maximum absolute atomic E-state index is 6.25. The first-order valence-corrected chi connectivity index (χ1v) is 6.86. The standard InChI is InChI=1S/C12H15ClN6O/c1-4-8-10-12(18(3)16-8)19(11(15-10)7(2)13)5-9-14-6-20-17-9/h6-7H,4-5H2,1-3H3. The maximum atomic E-state index is 6.25. The highest BCUT2D eigenvalue weighted by Crippen LogP contribution is 2.27. The van der Waals surface area contributed by atoms with Crippen LogP contribution in [0.4, 0.5) is 0 Å². The summed E-state index contributed by atoms with van der Waals surface area (Å²) in [7, 11) is 1.90. The molecule has 0 aliphatic carbocycles. The Morgan fingerprint density at radius 1 is 1.45 bits per heavy atom. The molecule has 0 bridgehead atoms. The van der Waals surface area contributed by atoms with Crippen LogP contribution in [0.1, 0.15) is 36.6 Å². The van der Waals surface area contributed by atoms with Gasteiger partial charge in [-0.1, -0.05) is 12.1 Å². The number of fused-ring (bicyclic) bond motifs is 1. The van der Waals surface area contributed by atoms with Crippen LogP contribution in [0.3, 0.4) is 0 Å². The summed E-state index contributed by atoms with van der Waals surface area (Å²) in [5.74, 6) is 1.37. The zero-order chi connectivity index (χ0) is 14.3. The van der Waals surface area contributed by atoms with Gasteiger partial charge in [0.05, 0.1) is 17.6 Å². The molecule has 0 N–H and O–H groups in total. The maximum Gasteiger partial charge on any atom is 0.213 e. The molecule has 20 heavy (non-hydrogen) atoms. The van der Waals surface area contributed by atoms with Crippen molar-refractivity contribution in [3.05, 3.63) is 23.7 Å². The van der Waals surface area contributed by atoms with Gasteiger partial charge in [-0.05, 0) is 13.3 Å². The number of hydrogen-bond donors (Lipinski definition) is 0. The number of alkyl halides is 1. The third kappa shape index (κ3) is 1.98. The van der Waals surface area contributed by atoms with E-state index in [-0.39, 0.29) is 5.38 Å². The summed E-state index contributed by atoms with van der Waals surface area (Å²) in [6.07, 6.45) is 2.14. The summed E-state index contributed by atoms with van der Waals surface area (Å²) in [4.78, 5) is 8.70. The zero-order valence-corrected chi connectivity index (χ0v) is 12.3. The summed E-state index contributed by atoms with van der Waals surface area (Å²) in [5.41, 5.74) is 2.78. The summed E-state index contributed by atoms with van der Waals surface area (Å²) >= 11 is 6.25. The largest absolute Gasteiger partial charge is 0.343 e. The first-order chi connectivity index (χ1) is 9.61. The van der Waals surface area contributed by atoms with Crippen molar-refractivity contribution >= 4 is 22.8 Å². The lowest BCUT2D eigenvalue weighted by molar-refractivity contribution is 0.408. The van der Waals surface area contributed by atoms with E-state index in [0.29, 0.717) is 12.4 Å². The molecule has 0 aliphatic heterocycles. The van der Waals surface area contributed by atoms with E-state index in [4.69, 9.17) is 16.1 Å². The van der Waals surface area contributed by atoms with Gasteiger partial charge >= 0.3 is 0 Å². The molecule has 0 spiro atoms. The van der Waals surface area contributed by atoms with Crippen molar-refractivity contribution in [1.29, 1.82) is 0 Å². The van der Waals surface area contributed by atoms with E-state index in [1.54, 1.807) is 0 Å². The second-order valence-corrected chi connectivity index (χ2v) is 5.27. The average molecular weight is 295 g/mol. The average Bonchev–Trinajstić information content (AvgIpc) is 3.08. The number of aromatic nitrogens is 6. The Hall–Kier alpha value is -1.89. The number of rotatable bonds is 4. The van der Waals surface area contributed by atoms with E-state index in [0.717, 1.165) is 29.1 Å². The quantitative estimate of drug-likeness (QED) is 0.689. The molecule has 3 heterocycles. The third-order valence-electron chi connectivity index (χ3n) is 3.22. The molecule has 3 aromatic heterocycles. The Labute approximate surface area is 120 Å². The van der Waals surface area contributed by atoms with Crippen molar-refractivity contribution in [3.8, 4) is 0 Å². The molecule has 3 aromatic rings. The predicted molar refractivity (Wildman–Crippen MR) is 73.5 cm³/mol. The molecule has 0 saturated heterocycles. The number of nitrogens with zero attached hydrogens (tertiary/aromatic N) is 6. The Kier molecular flexibility index (Phi) is 3.21. The van der Waals surface area contributed by atoms with E-state index in [2.05, 4.69) is 27.1 Å². The molecule has 8 heteroatoms. The van der Waals surface area contributed by atoms with E-state index >= 15 is 0 Å².